The Bertz CT molecular complexity index is 1090. The van der Waals surface area contributed by atoms with Gasteiger partial charge >= 0.3 is 17.6 Å². The molecule has 0 saturated heterocycles. The van der Waals surface area contributed by atoms with Crippen LogP contribution in [-0.4, -0.2) is 25.2 Å². The monoisotopic (exact) mass is 446 g/mol. The van der Waals surface area contributed by atoms with Crippen LogP contribution in [0.1, 0.15) is 17.3 Å². The molecule has 0 aliphatic rings. The number of ether oxygens (including phenoxy) is 3. The van der Waals surface area contributed by atoms with Crippen molar-refractivity contribution < 1.29 is 28.2 Å². The standard InChI is InChI=1S/C20H15BrO7/c1-2-25-19(23)14-9-12-7-8-13(10-17(12)28-20(14)24)27-18(22)11-26-16-6-4-3-5-15(16)21/h3-10H,2,11H2,1H3. The molecule has 0 bridgehead atoms. The van der Waals surface area contributed by atoms with Gasteiger partial charge in [0.1, 0.15) is 22.6 Å². The molecule has 0 atom stereocenters. The smallest absolute Gasteiger partial charge is 0.351 e. The largest absolute Gasteiger partial charge is 0.481 e. The summed E-state index contributed by atoms with van der Waals surface area (Å²) in [5, 5.41) is 0.493. The van der Waals surface area contributed by atoms with Crippen LogP contribution in [0.15, 0.2) is 62.2 Å². The summed E-state index contributed by atoms with van der Waals surface area (Å²) in [5.74, 6) is -0.686. The third kappa shape index (κ3) is 4.58. The molecule has 28 heavy (non-hydrogen) atoms. The summed E-state index contributed by atoms with van der Waals surface area (Å²) in [4.78, 5) is 35.7. The zero-order valence-corrected chi connectivity index (χ0v) is 16.4. The predicted molar refractivity (Wildman–Crippen MR) is 104 cm³/mol. The zero-order chi connectivity index (χ0) is 20.1. The Morgan fingerprint density at radius 3 is 2.64 bits per heavy atom. The molecule has 8 heteroatoms. The lowest BCUT2D eigenvalue weighted by Gasteiger charge is -2.08. The Hall–Kier alpha value is -3.13. The number of halogens is 1. The molecular weight excluding hydrogens is 432 g/mol. The fourth-order valence-electron chi connectivity index (χ4n) is 2.37. The summed E-state index contributed by atoms with van der Waals surface area (Å²) in [6, 6.07) is 13.0. The van der Waals surface area contributed by atoms with Crippen molar-refractivity contribution in [1.82, 2.24) is 0 Å². The Labute approximate surface area is 167 Å². The number of fused-ring (bicyclic) bond motifs is 1. The molecule has 0 aliphatic heterocycles. The second-order valence-corrected chi connectivity index (χ2v) is 6.42. The second-order valence-electron chi connectivity index (χ2n) is 5.56. The minimum absolute atomic E-state index is 0.146. The highest BCUT2D eigenvalue weighted by Crippen LogP contribution is 2.24. The number of carbonyl (C=O) groups excluding carboxylic acids is 2. The number of esters is 2. The van der Waals surface area contributed by atoms with Gasteiger partial charge in [-0.05, 0) is 53.2 Å². The number of benzene rings is 2. The highest BCUT2D eigenvalue weighted by atomic mass is 79.9. The van der Waals surface area contributed by atoms with Gasteiger partial charge in [-0.15, -0.1) is 0 Å². The van der Waals surface area contributed by atoms with Gasteiger partial charge in [-0.2, -0.15) is 0 Å². The molecule has 0 fully saturated rings. The maximum Gasteiger partial charge on any atom is 0.351 e. The van der Waals surface area contributed by atoms with E-state index < -0.39 is 17.6 Å². The summed E-state index contributed by atoms with van der Waals surface area (Å²) in [6.07, 6.45) is 0. The van der Waals surface area contributed by atoms with Gasteiger partial charge in [0, 0.05) is 11.5 Å². The summed E-state index contributed by atoms with van der Waals surface area (Å²) < 4.78 is 21.3. The molecule has 0 unspecified atom stereocenters. The zero-order valence-electron chi connectivity index (χ0n) is 14.8. The normalized spacial score (nSPS) is 10.5. The Morgan fingerprint density at radius 1 is 1.11 bits per heavy atom. The van der Waals surface area contributed by atoms with Gasteiger partial charge in [0.15, 0.2) is 6.61 Å². The molecule has 1 heterocycles. The molecule has 0 radical (unpaired) electrons. The van der Waals surface area contributed by atoms with Crippen molar-refractivity contribution in [3.63, 3.8) is 0 Å². The number of rotatable bonds is 6. The van der Waals surface area contributed by atoms with Gasteiger partial charge in [0.05, 0.1) is 11.1 Å². The van der Waals surface area contributed by atoms with Crippen LogP contribution in [0, 0.1) is 0 Å². The van der Waals surface area contributed by atoms with E-state index in [2.05, 4.69) is 15.9 Å². The molecule has 1 aromatic heterocycles. The van der Waals surface area contributed by atoms with Crippen LogP contribution >= 0.6 is 15.9 Å². The number of para-hydroxylation sites is 1. The molecule has 2 aromatic carbocycles. The summed E-state index contributed by atoms with van der Waals surface area (Å²) in [5.41, 5.74) is -0.845. The van der Waals surface area contributed by atoms with Crippen LogP contribution in [0.25, 0.3) is 11.0 Å². The lowest BCUT2D eigenvalue weighted by atomic mass is 10.2. The van der Waals surface area contributed by atoms with E-state index in [9.17, 15) is 14.4 Å². The van der Waals surface area contributed by atoms with E-state index in [-0.39, 0.29) is 30.1 Å². The first-order chi connectivity index (χ1) is 13.5. The molecule has 0 amide bonds. The summed E-state index contributed by atoms with van der Waals surface area (Å²) >= 11 is 3.32. The lowest BCUT2D eigenvalue weighted by Crippen LogP contribution is -2.18. The van der Waals surface area contributed by atoms with Crippen molar-refractivity contribution in [2.24, 2.45) is 0 Å². The van der Waals surface area contributed by atoms with E-state index in [0.717, 1.165) is 0 Å². The Kier molecular flexibility index (Phi) is 6.10. The fourth-order valence-corrected chi connectivity index (χ4v) is 2.76. The fraction of sp³-hybridized carbons (Fsp3) is 0.150. The van der Waals surface area contributed by atoms with Gasteiger partial charge in [-0.3, -0.25) is 0 Å². The Morgan fingerprint density at radius 2 is 1.89 bits per heavy atom. The lowest BCUT2D eigenvalue weighted by molar-refractivity contribution is -0.136. The molecule has 0 N–H and O–H groups in total. The average molecular weight is 447 g/mol. The molecule has 3 rings (SSSR count). The molecule has 144 valence electrons. The topological polar surface area (TPSA) is 92.0 Å². The first kappa shape index (κ1) is 19.6. The minimum Gasteiger partial charge on any atom is -0.481 e. The molecule has 3 aromatic rings. The second kappa shape index (κ2) is 8.71. The van der Waals surface area contributed by atoms with Crippen LogP contribution in [-0.2, 0) is 9.53 Å². The van der Waals surface area contributed by atoms with Gasteiger partial charge in [0.2, 0.25) is 0 Å². The average Bonchev–Trinajstić information content (AvgIpc) is 2.67. The summed E-state index contributed by atoms with van der Waals surface area (Å²) in [7, 11) is 0. The van der Waals surface area contributed by atoms with Crippen molar-refractivity contribution >= 4 is 38.8 Å². The maximum absolute atomic E-state index is 12.0. The van der Waals surface area contributed by atoms with E-state index in [1.165, 1.54) is 18.2 Å². The van der Waals surface area contributed by atoms with E-state index in [4.69, 9.17) is 18.6 Å². The van der Waals surface area contributed by atoms with Crippen LogP contribution < -0.4 is 15.1 Å². The van der Waals surface area contributed by atoms with Crippen molar-refractivity contribution in [3.8, 4) is 11.5 Å². The number of carbonyl (C=O) groups is 2. The molecular formula is C20H15BrO7. The van der Waals surface area contributed by atoms with Crippen LogP contribution in [0.5, 0.6) is 11.5 Å². The third-order valence-corrected chi connectivity index (χ3v) is 4.27. The SMILES string of the molecule is CCOC(=O)c1cc2ccc(OC(=O)COc3ccccc3Br)cc2oc1=O. The molecule has 0 saturated carbocycles. The highest BCUT2D eigenvalue weighted by Gasteiger charge is 2.15. The van der Waals surface area contributed by atoms with Crippen molar-refractivity contribution in [1.29, 1.82) is 0 Å². The van der Waals surface area contributed by atoms with Gasteiger partial charge in [-0.1, -0.05) is 12.1 Å². The van der Waals surface area contributed by atoms with Gasteiger partial charge in [0.25, 0.3) is 0 Å². The van der Waals surface area contributed by atoms with E-state index in [1.807, 2.05) is 6.07 Å². The maximum atomic E-state index is 12.0. The Balaban J connectivity index is 1.72. The predicted octanol–water partition coefficient (Wildman–Crippen LogP) is 3.72. The third-order valence-electron chi connectivity index (χ3n) is 3.62. The number of hydrogen-bond acceptors (Lipinski definition) is 7. The van der Waals surface area contributed by atoms with Crippen molar-refractivity contribution in [2.45, 2.75) is 6.92 Å². The van der Waals surface area contributed by atoms with E-state index in [0.29, 0.717) is 15.6 Å². The molecule has 0 spiro atoms. The molecule has 7 nitrogen and oxygen atoms in total. The van der Waals surface area contributed by atoms with E-state index >= 15 is 0 Å². The first-order valence-electron chi connectivity index (χ1n) is 8.31. The van der Waals surface area contributed by atoms with Crippen LogP contribution in [0.2, 0.25) is 0 Å². The van der Waals surface area contributed by atoms with Crippen molar-refractivity contribution in [3.05, 3.63) is 69.0 Å². The van der Waals surface area contributed by atoms with E-state index in [1.54, 1.807) is 31.2 Å². The summed E-state index contributed by atoms with van der Waals surface area (Å²) in [6.45, 7) is 1.49. The number of hydrogen-bond donors (Lipinski definition) is 0. The van der Waals surface area contributed by atoms with Gasteiger partial charge in [-0.25, -0.2) is 14.4 Å². The highest BCUT2D eigenvalue weighted by molar-refractivity contribution is 9.10. The first-order valence-corrected chi connectivity index (χ1v) is 9.10. The van der Waals surface area contributed by atoms with Crippen LogP contribution in [0.3, 0.4) is 0 Å². The van der Waals surface area contributed by atoms with Crippen molar-refractivity contribution in [2.75, 3.05) is 13.2 Å². The quantitative estimate of drug-likeness (QED) is 0.323. The molecule has 0 aliphatic carbocycles. The van der Waals surface area contributed by atoms with Crippen LogP contribution in [0.4, 0.5) is 0 Å². The van der Waals surface area contributed by atoms with Gasteiger partial charge < -0.3 is 18.6 Å². The minimum atomic E-state index is -0.827.